The maximum absolute atomic E-state index is 8.70. The van der Waals surface area contributed by atoms with Crippen molar-refractivity contribution < 1.29 is 4.74 Å². The standard InChI is InChI=1S/C19H22N4OS/c1-22-9-8-14-16(11-22)25-19-17(14)18(20)23(12-21-19)10-7-13-5-3-4-6-15(13)24-2/h3-6,12,20H,7-11H2,1-2H3. The van der Waals surface area contributed by atoms with Crippen molar-refractivity contribution in [1.29, 1.82) is 5.41 Å². The van der Waals surface area contributed by atoms with Crippen molar-refractivity contribution in [2.24, 2.45) is 0 Å². The van der Waals surface area contributed by atoms with Crippen LogP contribution in [0.5, 0.6) is 5.75 Å². The molecule has 3 aromatic rings. The van der Waals surface area contributed by atoms with E-state index in [9.17, 15) is 0 Å². The zero-order valence-electron chi connectivity index (χ0n) is 14.6. The van der Waals surface area contributed by atoms with Gasteiger partial charge in [-0.05, 0) is 37.1 Å². The van der Waals surface area contributed by atoms with Crippen LogP contribution in [0.15, 0.2) is 30.6 Å². The Bertz CT molecular complexity index is 975. The normalized spacial score (nSPS) is 14.6. The summed E-state index contributed by atoms with van der Waals surface area (Å²) >= 11 is 1.74. The summed E-state index contributed by atoms with van der Waals surface area (Å²) < 4.78 is 7.39. The van der Waals surface area contributed by atoms with Gasteiger partial charge in [0.05, 0.1) is 18.8 Å². The van der Waals surface area contributed by atoms with Crippen LogP contribution in [0.3, 0.4) is 0 Å². The third-order valence-electron chi connectivity index (χ3n) is 4.88. The molecular weight excluding hydrogens is 332 g/mol. The fourth-order valence-corrected chi connectivity index (χ4v) is 4.76. The van der Waals surface area contributed by atoms with Crippen molar-refractivity contribution in [3.8, 4) is 5.75 Å². The lowest BCUT2D eigenvalue weighted by Crippen LogP contribution is -2.27. The molecule has 2 aromatic heterocycles. The first-order valence-corrected chi connectivity index (χ1v) is 9.33. The molecule has 0 atom stereocenters. The Morgan fingerprint density at radius 2 is 2.16 bits per heavy atom. The molecule has 1 aromatic carbocycles. The Labute approximate surface area is 151 Å². The number of aromatic nitrogens is 2. The van der Waals surface area contributed by atoms with Crippen molar-refractivity contribution in [3.63, 3.8) is 0 Å². The second-order valence-corrected chi connectivity index (χ2v) is 7.60. The summed E-state index contributed by atoms with van der Waals surface area (Å²) in [5, 5.41) is 9.75. The quantitative estimate of drug-likeness (QED) is 0.784. The van der Waals surface area contributed by atoms with Crippen LogP contribution in [0, 0.1) is 5.41 Å². The third kappa shape index (κ3) is 2.96. The summed E-state index contributed by atoms with van der Waals surface area (Å²) in [4.78, 5) is 9.34. The van der Waals surface area contributed by atoms with Gasteiger partial charge in [0.1, 0.15) is 16.1 Å². The lowest BCUT2D eigenvalue weighted by atomic mass is 10.1. The van der Waals surface area contributed by atoms with E-state index >= 15 is 0 Å². The van der Waals surface area contributed by atoms with Gasteiger partial charge in [-0.15, -0.1) is 11.3 Å². The van der Waals surface area contributed by atoms with Crippen LogP contribution in [0.1, 0.15) is 16.0 Å². The van der Waals surface area contributed by atoms with Crippen molar-refractivity contribution >= 4 is 21.6 Å². The molecule has 0 amide bonds. The molecule has 6 heteroatoms. The number of methoxy groups -OCH3 is 1. The minimum Gasteiger partial charge on any atom is -0.496 e. The van der Waals surface area contributed by atoms with Gasteiger partial charge in [-0.25, -0.2) is 4.98 Å². The Morgan fingerprint density at radius 3 is 3.00 bits per heavy atom. The van der Waals surface area contributed by atoms with Crippen molar-refractivity contribution in [2.45, 2.75) is 25.9 Å². The molecular formula is C19H22N4OS. The highest BCUT2D eigenvalue weighted by molar-refractivity contribution is 7.18. The second kappa shape index (κ2) is 6.61. The van der Waals surface area contributed by atoms with Gasteiger partial charge in [-0.2, -0.15) is 0 Å². The van der Waals surface area contributed by atoms with E-state index in [1.165, 1.54) is 10.4 Å². The summed E-state index contributed by atoms with van der Waals surface area (Å²) in [5.74, 6) is 0.902. The van der Waals surface area contributed by atoms with E-state index in [1.54, 1.807) is 18.4 Å². The number of rotatable bonds is 4. The molecule has 0 fully saturated rings. The number of ether oxygens (including phenoxy) is 1. The first-order valence-electron chi connectivity index (χ1n) is 8.52. The largest absolute Gasteiger partial charge is 0.496 e. The van der Waals surface area contributed by atoms with E-state index in [-0.39, 0.29) is 0 Å². The molecule has 0 aliphatic carbocycles. The van der Waals surface area contributed by atoms with Gasteiger partial charge in [0, 0.05) is 24.5 Å². The molecule has 0 spiro atoms. The SMILES string of the molecule is COc1ccccc1CCn1cnc2sc3c(c2c1=N)CCN(C)C3. The van der Waals surface area contributed by atoms with Crippen molar-refractivity contribution in [3.05, 3.63) is 52.1 Å². The Hall–Kier alpha value is -2.18. The number of benzene rings is 1. The fraction of sp³-hybridized carbons (Fsp3) is 0.368. The highest BCUT2D eigenvalue weighted by Gasteiger charge is 2.21. The van der Waals surface area contributed by atoms with E-state index < -0.39 is 0 Å². The van der Waals surface area contributed by atoms with Gasteiger partial charge in [-0.1, -0.05) is 18.2 Å². The number of nitrogens with one attached hydrogen (secondary N) is 1. The third-order valence-corrected chi connectivity index (χ3v) is 6.01. The number of hydrogen-bond acceptors (Lipinski definition) is 5. The lowest BCUT2D eigenvalue weighted by molar-refractivity contribution is 0.318. The Kier molecular flexibility index (Phi) is 4.31. The van der Waals surface area contributed by atoms with Gasteiger partial charge >= 0.3 is 0 Å². The monoisotopic (exact) mass is 354 g/mol. The van der Waals surface area contributed by atoms with Crippen LogP contribution in [-0.4, -0.2) is 35.2 Å². The number of thiophene rings is 1. The van der Waals surface area contributed by atoms with E-state index in [4.69, 9.17) is 10.1 Å². The van der Waals surface area contributed by atoms with E-state index in [0.717, 1.165) is 54.0 Å². The Morgan fingerprint density at radius 1 is 1.32 bits per heavy atom. The maximum Gasteiger partial charge on any atom is 0.136 e. The van der Waals surface area contributed by atoms with Gasteiger partial charge in [0.15, 0.2) is 0 Å². The van der Waals surface area contributed by atoms with Gasteiger partial charge in [-0.3, -0.25) is 5.41 Å². The summed E-state index contributed by atoms with van der Waals surface area (Å²) in [6.45, 7) is 2.75. The first-order chi connectivity index (χ1) is 12.2. The molecule has 5 nitrogen and oxygen atoms in total. The zero-order valence-corrected chi connectivity index (χ0v) is 15.4. The summed E-state index contributed by atoms with van der Waals surface area (Å²) in [5.41, 5.74) is 3.08. The smallest absolute Gasteiger partial charge is 0.136 e. The van der Waals surface area contributed by atoms with Crippen molar-refractivity contribution in [1.82, 2.24) is 14.5 Å². The van der Waals surface area contributed by atoms with Crippen LogP contribution in [0.25, 0.3) is 10.2 Å². The maximum atomic E-state index is 8.70. The number of hydrogen-bond donors (Lipinski definition) is 1. The topological polar surface area (TPSA) is 54.1 Å². The highest BCUT2D eigenvalue weighted by atomic mass is 32.1. The van der Waals surface area contributed by atoms with E-state index in [1.807, 2.05) is 29.1 Å². The average molecular weight is 354 g/mol. The van der Waals surface area contributed by atoms with Gasteiger partial charge in [0.2, 0.25) is 0 Å². The van der Waals surface area contributed by atoms with E-state index in [0.29, 0.717) is 5.49 Å². The molecule has 1 N–H and O–H groups in total. The summed E-state index contributed by atoms with van der Waals surface area (Å²) in [7, 11) is 3.85. The molecule has 3 heterocycles. The number of nitrogens with zero attached hydrogens (tertiary/aromatic N) is 3. The van der Waals surface area contributed by atoms with Crippen LogP contribution in [0.2, 0.25) is 0 Å². The number of para-hydroxylation sites is 1. The van der Waals surface area contributed by atoms with Gasteiger partial charge in [0.25, 0.3) is 0 Å². The number of aryl methyl sites for hydroxylation is 2. The zero-order chi connectivity index (χ0) is 17.4. The summed E-state index contributed by atoms with van der Waals surface area (Å²) in [6.07, 6.45) is 3.64. The molecule has 25 heavy (non-hydrogen) atoms. The fourth-order valence-electron chi connectivity index (χ4n) is 3.50. The average Bonchev–Trinajstić information content (AvgIpc) is 2.99. The molecule has 0 bridgehead atoms. The number of fused-ring (bicyclic) bond motifs is 3. The Balaban J connectivity index is 1.67. The van der Waals surface area contributed by atoms with Crippen LogP contribution in [0.4, 0.5) is 0 Å². The molecule has 0 saturated heterocycles. The number of likely N-dealkylation sites (N-methyl/N-ethyl adjacent to an activating group) is 1. The molecule has 0 radical (unpaired) electrons. The summed E-state index contributed by atoms with van der Waals surface area (Å²) in [6, 6.07) is 8.07. The minimum atomic E-state index is 0.585. The predicted octanol–water partition coefficient (Wildman–Crippen LogP) is 2.82. The highest BCUT2D eigenvalue weighted by Crippen LogP contribution is 2.31. The first kappa shape index (κ1) is 16.3. The van der Waals surface area contributed by atoms with Crippen LogP contribution >= 0.6 is 11.3 Å². The molecule has 0 unspecified atom stereocenters. The van der Waals surface area contributed by atoms with Gasteiger partial charge < -0.3 is 14.2 Å². The molecule has 130 valence electrons. The molecule has 0 saturated carbocycles. The second-order valence-electron chi connectivity index (χ2n) is 6.52. The van der Waals surface area contributed by atoms with E-state index in [2.05, 4.69) is 23.0 Å². The molecule has 1 aliphatic rings. The lowest BCUT2D eigenvalue weighted by Gasteiger charge is -2.22. The molecule has 4 rings (SSSR count). The van der Waals surface area contributed by atoms with Crippen LogP contribution < -0.4 is 10.2 Å². The van der Waals surface area contributed by atoms with Crippen molar-refractivity contribution in [2.75, 3.05) is 20.7 Å². The predicted molar refractivity (Wildman–Crippen MR) is 100 cm³/mol. The minimum absolute atomic E-state index is 0.585. The molecule has 1 aliphatic heterocycles. The van der Waals surface area contributed by atoms with Crippen LogP contribution in [-0.2, 0) is 25.9 Å².